The Morgan fingerprint density at radius 1 is 1.53 bits per heavy atom. The summed E-state index contributed by atoms with van der Waals surface area (Å²) in [5.74, 6) is 0.344. The van der Waals surface area contributed by atoms with Crippen molar-refractivity contribution in [3.8, 4) is 11.8 Å². The third-order valence-electron chi connectivity index (χ3n) is 3.56. The predicted molar refractivity (Wildman–Crippen MR) is 71.5 cm³/mol. The maximum absolute atomic E-state index is 12.4. The van der Waals surface area contributed by atoms with Gasteiger partial charge in [0, 0.05) is 24.7 Å². The molecular formula is C14H17N3O2. The molecule has 2 rings (SSSR count). The second-order valence-corrected chi connectivity index (χ2v) is 5.14. The van der Waals surface area contributed by atoms with Crippen molar-refractivity contribution in [3.05, 3.63) is 39.1 Å². The molecular weight excluding hydrogens is 242 g/mol. The molecule has 2 heterocycles. The number of hydrogen-bond donors (Lipinski definition) is 1. The van der Waals surface area contributed by atoms with Crippen molar-refractivity contribution in [3.63, 3.8) is 0 Å². The number of hydrogen-bond acceptors (Lipinski definition) is 4. The van der Waals surface area contributed by atoms with E-state index in [0.717, 1.165) is 5.69 Å². The predicted octanol–water partition coefficient (Wildman–Crippen LogP) is 1.52. The summed E-state index contributed by atoms with van der Waals surface area (Å²) in [6.07, 6.45) is 0. The molecule has 0 aromatic carbocycles. The lowest BCUT2D eigenvalue weighted by atomic mass is 9.81. The monoisotopic (exact) mass is 259 g/mol. The molecule has 0 saturated carbocycles. The van der Waals surface area contributed by atoms with Crippen molar-refractivity contribution in [2.24, 2.45) is 18.7 Å². The zero-order chi connectivity index (χ0) is 14.3. The van der Waals surface area contributed by atoms with Gasteiger partial charge in [0.05, 0.1) is 11.1 Å². The maximum Gasteiger partial charge on any atom is 0.258 e. The van der Waals surface area contributed by atoms with Gasteiger partial charge in [0.15, 0.2) is 0 Å². The van der Waals surface area contributed by atoms with Gasteiger partial charge in [0.2, 0.25) is 5.88 Å². The van der Waals surface area contributed by atoms with E-state index in [4.69, 9.17) is 10.5 Å². The van der Waals surface area contributed by atoms with Crippen LogP contribution in [-0.2, 0) is 7.05 Å². The summed E-state index contributed by atoms with van der Waals surface area (Å²) in [6.45, 7) is 5.75. The van der Waals surface area contributed by atoms with Crippen LogP contribution in [0.1, 0.15) is 31.0 Å². The molecule has 0 amide bonds. The smallest absolute Gasteiger partial charge is 0.258 e. The van der Waals surface area contributed by atoms with Crippen LogP contribution >= 0.6 is 0 Å². The Bertz CT molecular complexity index is 662. The second-order valence-electron chi connectivity index (χ2n) is 5.14. The molecule has 19 heavy (non-hydrogen) atoms. The van der Waals surface area contributed by atoms with Gasteiger partial charge in [-0.1, -0.05) is 13.8 Å². The quantitative estimate of drug-likeness (QED) is 0.829. The van der Waals surface area contributed by atoms with Gasteiger partial charge in [-0.15, -0.1) is 0 Å². The number of allylic oxidation sites excluding steroid dienone is 1. The number of fused-ring (bicyclic) bond motifs is 1. The second kappa shape index (κ2) is 4.47. The molecule has 1 aromatic rings. The highest BCUT2D eigenvalue weighted by atomic mass is 16.5. The molecule has 0 bridgehead atoms. The van der Waals surface area contributed by atoms with Gasteiger partial charge in [0.1, 0.15) is 11.8 Å². The number of rotatable bonds is 1. The maximum atomic E-state index is 12.4. The highest BCUT2D eigenvalue weighted by molar-refractivity contribution is 5.49. The van der Waals surface area contributed by atoms with Crippen LogP contribution in [0.5, 0.6) is 5.75 Å². The molecule has 0 spiro atoms. The topological polar surface area (TPSA) is 81.0 Å². The molecule has 1 atom stereocenters. The van der Waals surface area contributed by atoms with Crippen molar-refractivity contribution in [2.45, 2.75) is 26.7 Å². The van der Waals surface area contributed by atoms with Gasteiger partial charge in [-0.2, -0.15) is 5.26 Å². The van der Waals surface area contributed by atoms with Gasteiger partial charge >= 0.3 is 0 Å². The summed E-state index contributed by atoms with van der Waals surface area (Å²) in [5.41, 5.74) is 7.32. The van der Waals surface area contributed by atoms with Crippen molar-refractivity contribution in [1.29, 1.82) is 5.26 Å². The van der Waals surface area contributed by atoms with Gasteiger partial charge in [-0.3, -0.25) is 4.79 Å². The lowest BCUT2D eigenvalue weighted by molar-refractivity contribution is 0.367. The summed E-state index contributed by atoms with van der Waals surface area (Å²) in [6, 6.07) is 3.85. The van der Waals surface area contributed by atoms with Crippen molar-refractivity contribution >= 4 is 0 Å². The fourth-order valence-electron chi connectivity index (χ4n) is 2.44. The average molecular weight is 259 g/mol. The Labute approximate surface area is 111 Å². The van der Waals surface area contributed by atoms with E-state index in [-0.39, 0.29) is 23.3 Å². The summed E-state index contributed by atoms with van der Waals surface area (Å²) in [7, 11) is 1.71. The molecule has 2 N–H and O–H groups in total. The Hall–Kier alpha value is -2.22. The number of nitrogens with two attached hydrogens (primary N) is 1. The third kappa shape index (κ3) is 1.89. The van der Waals surface area contributed by atoms with Crippen LogP contribution in [0.3, 0.4) is 0 Å². The van der Waals surface area contributed by atoms with Crippen LogP contribution in [0.25, 0.3) is 0 Å². The summed E-state index contributed by atoms with van der Waals surface area (Å²) in [5, 5.41) is 9.24. The SMILES string of the molecule is Cc1cc2c(c(=O)n1C)[C@@H](C(C)C)C(C#N)=C(N)O2. The first-order valence-corrected chi connectivity index (χ1v) is 6.16. The first kappa shape index (κ1) is 13.2. The average Bonchev–Trinajstić information content (AvgIpc) is 2.34. The fraction of sp³-hybridized carbons (Fsp3) is 0.429. The van der Waals surface area contributed by atoms with Gasteiger partial charge in [0.25, 0.3) is 5.56 Å². The standard InChI is InChI=1S/C14H17N3O2/c1-7(2)11-9(6-15)13(16)19-10-5-8(3)17(4)14(18)12(10)11/h5,7,11H,16H2,1-4H3/t11-/m0/s1. The largest absolute Gasteiger partial charge is 0.440 e. The van der Waals surface area contributed by atoms with Crippen molar-refractivity contribution in [2.75, 3.05) is 0 Å². The highest BCUT2D eigenvalue weighted by Crippen LogP contribution is 2.40. The molecule has 1 aromatic heterocycles. The Morgan fingerprint density at radius 2 is 2.16 bits per heavy atom. The van der Waals surface area contributed by atoms with Crippen LogP contribution in [-0.4, -0.2) is 4.57 Å². The zero-order valence-electron chi connectivity index (χ0n) is 11.5. The molecule has 100 valence electrons. The number of pyridine rings is 1. The Kier molecular flexibility index (Phi) is 3.11. The number of nitrogens with zero attached hydrogens (tertiary/aromatic N) is 2. The number of aromatic nitrogens is 1. The van der Waals surface area contributed by atoms with Crippen molar-refractivity contribution in [1.82, 2.24) is 4.57 Å². The molecule has 1 aliphatic rings. The molecule has 0 unspecified atom stereocenters. The van der Waals surface area contributed by atoms with Gasteiger partial charge < -0.3 is 15.0 Å². The van der Waals surface area contributed by atoms with Crippen molar-refractivity contribution < 1.29 is 4.74 Å². The van der Waals surface area contributed by atoms with Gasteiger partial charge in [-0.05, 0) is 12.8 Å². The minimum atomic E-state index is -0.312. The number of aryl methyl sites for hydroxylation is 1. The van der Waals surface area contributed by atoms with Crippen LogP contribution < -0.4 is 16.0 Å². The lowest BCUT2D eigenvalue weighted by Gasteiger charge is -2.28. The molecule has 0 fully saturated rings. The lowest BCUT2D eigenvalue weighted by Crippen LogP contribution is -2.32. The first-order chi connectivity index (χ1) is 8.88. The minimum absolute atomic E-state index is 0.0891. The van der Waals surface area contributed by atoms with Crippen LogP contribution in [0, 0.1) is 24.2 Å². The summed E-state index contributed by atoms with van der Waals surface area (Å²) < 4.78 is 7.02. The normalized spacial score (nSPS) is 18.0. The van der Waals surface area contributed by atoms with Gasteiger partial charge in [-0.25, -0.2) is 0 Å². The first-order valence-electron chi connectivity index (χ1n) is 6.16. The minimum Gasteiger partial charge on any atom is -0.440 e. The van der Waals surface area contributed by atoms with E-state index in [2.05, 4.69) is 6.07 Å². The number of nitriles is 1. The molecule has 0 saturated heterocycles. The van der Waals surface area contributed by atoms with E-state index in [0.29, 0.717) is 16.9 Å². The number of ether oxygens (including phenoxy) is 1. The van der Waals surface area contributed by atoms with E-state index < -0.39 is 0 Å². The van der Waals surface area contributed by atoms with E-state index in [1.54, 1.807) is 17.7 Å². The molecule has 0 aliphatic carbocycles. The van der Waals surface area contributed by atoms with Crippen LogP contribution in [0.4, 0.5) is 0 Å². The van der Waals surface area contributed by atoms with Crippen LogP contribution in [0.15, 0.2) is 22.3 Å². The highest BCUT2D eigenvalue weighted by Gasteiger charge is 2.34. The Balaban J connectivity index is 2.79. The van der Waals surface area contributed by atoms with Crippen LogP contribution in [0.2, 0.25) is 0 Å². The van der Waals surface area contributed by atoms with E-state index >= 15 is 0 Å². The zero-order valence-corrected chi connectivity index (χ0v) is 11.5. The molecule has 5 heteroatoms. The molecule has 0 radical (unpaired) electrons. The summed E-state index contributed by atoms with van der Waals surface area (Å²) >= 11 is 0. The van der Waals surface area contributed by atoms with E-state index in [1.807, 2.05) is 20.8 Å². The van der Waals surface area contributed by atoms with E-state index in [9.17, 15) is 10.1 Å². The Morgan fingerprint density at radius 3 is 2.68 bits per heavy atom. The fourth-order valence-corrected chi connectivity index (χ4v) is 2.44. The third-order valence-corrected chi connectivity index (χ3v) is 3.56. The van der Waals surface area contributed by atoms with E-state index in [1.165, 1.54) is 0 Å². The molecule has 5 nitrogen and oxygen atoms in total. The molecule has 1 aliphatic heterocycles. The summed E-state index contributed by atoms with van der Waals surface area (Å²) in [4.78, 5) is 12.4.